The average molecular weight is 321 g/mol. The van der Waals surface area contributed by atoms with Gasteiger partial charge in [-0.25, -0.2) is 4.98 Å². The second-order valence-electron chi connectivity index (χ2n) is 4.97. The van der Waals surface area contributed by atoms with Gasteiger partial charge in [0.15, 0.2) is 4.73 Å². The Morgan fingerprint density at radius 3 is 2.89 bits per heavy atom. The molecule has 0 N–H and O–H groups in total. The molecule has 19 heavy (non-hydrogen) atoms. The third kappa shape index (κ3) is 2.18. The Morgan fingerprint density at radius 1 is 1.32 bits per heavy atom. The summed E-state index contributed by atoms with van der Waals surface area (Å²) in [6, 6.07) is 6.27. The Labute approximate surface area is 121 Å². The molecule has 3 nitrogen and oxygen atoms in total. The summed E-state index contributed by atoms with van der Waals surface area (Å²) >= 11 is 3.57. The van der Waals surface area contributed by atoms with Crippen molar-refractivity contribution in [2.24, 2.45) is 0 Å². The molecule has 0 fully saturated rings. The Kier molecular flexibility index (Phi) is 3.35. The maximum absolute atomic E-state index is 5.32. The van der Waals surface area contributed by atoms with E-state index in [1.54, 1.807) is 7.11 Å². The number of methoxy groups -OCH3 is 1. The molecule has 3 rings (SSSR count). The van der Waals surface area contributed by atoms with Gasteiger partial charge in [0.25, 0.3) is 0 Å². The first-order chi connectivity index (χ1) is 9.20. The van der Waals surface area contributed by atoms with Gasteiger partial charge in [0.2, 0.25) is 0 Å². The molecule has 1 aliphatic heterocycles. The highest BCUT2D eigenvalue weighted by atomic mass is 79.9. The number of hydrogen-bond acceptors (Lipinski definition) is 2. The van der Waals surface area contributed by atoms with Crippen LogP contribution in [0.4, 0.5) is 0 Å². The van der Waals surface area contributed by atoms with Gasteiger partial charge in [-0.15, -0.1) is 0 Å². The van der Waals surface area contributed by atoms with Crippen LogP contribution in [0.25, 0.3) is 11.3 Å². The van der Waals surface area contributed by atoms with Crippen molar-refractivity contribution in [3.8, 4) is 17.0 Å². The van der Waals surface area contributed by atoms with Crippen molar-refractivity contribution in [3.63, 3.8) is 0 Å². The number of nitrogens with zero attached hydrogens (tertiary/aromatic N) is 2. The van der Waals surface area contributed by atoms with Gasteiger partial charge in [0.05, 0.1) is 12.8 Å². The molecule has 0 saturated heterocycles. The van der Waals surface area contributed by atoms with Gasteiger partial charge in [0, 0.05) is 17.8 Å². The van der Waals surface area contributed by atoms with E-state index in [0.29, 0.717) is 0 Å². The van der Waals surface area contributed by atoms with Crippen molar-refractivity contribution in [2.45, 2.75) is 32.7 Å². The third-order valence-corrected chi connectivity index (χ3v) is 4.34. The molecule has 0 saturated carbocycles. The number of benzene rings is 1. The van der Waals surface area contributed by atoms with Gasteiger partial charge in [-0.2, -0.15) is 0 Å². The van der Waals surface area contributed by atoms with Crippen LogP contribution < -0.4 is 4.74 Å². The number of halogens is 1. The number of aromatic nitrogens is 2. The number of aryl methyl sites for hydroxylation is 1. The highest BCUT2D eigenvalue weighted by molar-refractivity contribution is 9.10. The largest absolute Gasteiger partial charge is 0.496 e. The summed E-state index contributed by atoms with van der Waals surface area (Å²) in [6.45, 7) is 3.14. The summed E-state index contributed by atoms with van der Waals surface area (Å²) in [7, 11) is 1.71. The van der Waals surface area contributed by atoms with E-state index in [4.69, 9.17) is 9.72 Å². The number of hydrogen-bond donors (Lipinski definition) is 0. The Morgan fingerprint density at radius 2 is 2.16 bits per heavy atom. The first-order valence-electron chi connectivity index (χ1n) is 6.60. The molecule has 0 atom stereocenters. The van der Waals surface area contributed by atoms with Gasteiger partial charge in [-0.1, -0.05) is 0 Å². The monoisotopic (exact) mass is 320 g/mol. The summed E-state index contributed by atoms with van der Waals surface area (Å²) in [5.41, 5.74) is 4.78. The van der Waals surface area contributed by atoms with E-state index in [0.717, 1.165) is 34.7 Å². The molecule has 1 aliphatic rings. The van der Waals surface area contributed by atoms with E-state index in [1.165, 1.54) is 24.1 Å². The van der Waals surface area contributed by atoms with Crippen molar-refractivity contribution in [1.82, 2.24) is 9.55 Å². The maximum Gasteiger partial charge on any atom is 0.177 e. The number of fused-ring (bicyclic) bond motifs is 1. The normalized spacial score (nSPS) is 14.3. The minimum Gasteiger partial charge on any atom is -0.496 e. The fourth-order valence-corrected chi connectivity index (χ4v) is 3.32. The van der Waals surface area contributed by atoms with Crippen molar-refractivity contribution in [2.75, 3.05) is 7.11 Å². The molecule has 0 spiro atoms. The van der Waals surface area contributed by atoms with Crippen molar-refractivity contribution in [1.29, 1.82) is 0 Å². The fraction of sp³-hybridized carbons (Fsp3) is 0.400. The zero-order chi connectivity index (χ0) is 13.4. The minimum atomic E-state index is 0.927. The zero-order valence-corrected chi connectivity index (χ0v) is 12.8. The lowest BCUT2D eigenvalue weighted by Crippen LogP contribution is -2.10. The van der Waals surface area contributed by atoms with E-state index in [1.807, 2.05) is 6.07 Å². The second-order valence-corrected chi connectivity index (χ2v) is 5.68. The molecule has 1 aromatic carbocycles. The van der Waals surface area contributed by atoms with Crippen LogP contribution in [0.15, 0.2) is 22.9 Å². The molecule has 0 bridgehead atoms. The SMILES string of the molecule is COc1ccc(-c2nc(Br)n3c2CCCC3)cc1C. The molecular formula is C15H17BrN2O. The molecule has 2 aromatic rings. The van der Waals surface area contributed by atoms with Crippen LogP contribution in [0.5, 0.6) is 5.75 Å². The van der Waals surface area contributed by atoms with Crippen LogP contribution >= 0.6 is 15.9 Å². The van der Waals surface area contributed by atoms with Crippen LogP contribution in [0, 0.1) is 6.92 Å². The standard InChI is InChI=1S/C15H17BrN2O/c1-10-9-11(6-7-13(10)19-2)14-12-5-3-4-8-18(12)15(16)17-14/h6-7,9H,3-5,8H2,1-2H3. The molecule has 0 aliphatic carbocycles. The summed E-state index contributed by atoms with van der Waals surface area (Å²) in [5, 5.41) is 0. The fourth-order valence-electron chi connectivity index (χ4n) is 2.76. The second kappa shape index (κ2) is 5.00. The van der Waals surface area contributed by atoms with Crippen LogP contribution in [0.3, 0.4) is 0 Å². The lowest BCUT2D eigenvalue weighted by Gasteiger charge is -2.16. The van der Waals surface area contributed by atoms with Gasteiger partial charge in [-0.05, 0) is 65.9 Å². The summed E-state index contributed by atoms with van der Waals surface area (Å²) in [4.78, 5) is 4.70. The Bertz CT molecular complexity index is 619. The Balaban J connectivity index is 2.09. The van der Waals surface area contributed by atoms with Gasteiger partial charge in [-0.3, -0.25) is 0 Å². The van der Waals surface area contributed by atoms with Gasteiger partial charge >= 0.3 is 0 Å². The molecular weight excluding hydrogens is 304 g/mol. The number of ether oxygens (including phenoxy) is 1. The minimum absolute atomic E-state index is 0.927. The van der Waals surface area contributed by atoms with Crippen LogP contribution in [-0.2, 0) is 13.0 Å². The first-order valence-corrected chi connectivity index (χ1v) is 7.40. The Hall–Kier alpha value is -1.29. The van der Waals surface area contributed by atoms with Crippen LogP contribution in [0.1, 0.15) is 24.1 Å². The lowest BCUT2D eigenvalue weighted by molar-refractivity contribution is 0.412. The van der Waals surface area contributed by atoms with Gasteiger partial charge in [0.1, 0.15) is 5.75 Å². The van der Waals surface area contributed by atoms with E-state index >= 15 is 0 Å². The predicted molar refractivity (Wildman–Crippen MR) is 79.6 cm³/mol. The summed E-state index contributed by atoms with van der Waals surface area (Å²) in [6.07, 6.45) is 3.60. The van der Waals surface area contributed by atoms with E-state index < -0.39 is 0 Å². The highest BCUT2D eigenvalue weighted by Gasteiger charge is 2.20. The van der Waals surface area contributed by atoms with Crippen molar-refractivity contribution in [3.05, 3.63) is 34.2 Å². The van der Waals surface area contributed by atoms with E-state index in [9.17, 15) is 0 Å². The van der Waals surface area contributed by atoms with E-state index in [-0.39, 0.29) is 0 Å². The van der Waals surface area contributed by atoms with Crippen molar-refractivity contribution < 1.29 is 4.74 Å². The van der Waals surface area contributed by atoms with Crippen LogP contribution in [0.2, 0.25) is 0 Å². The quantitative estimate of drug-likeness (QED) is 0.837. The molecule has 0 radical (unpaired) electrons. The van der Waals surface area contributed by atoms with Gasteiger partial charge < -0.3 is 9.30 Å². The molecule has 4 heteroatoms. The number of imidazole rings is 1. The third-order valence-electron chi connectivity index (χ3n) is 3.74. The lowest BCUT2D eigenvalue weighted by atomic mass is 10.0. The molecule has 0 unspecified atom stereocenters. The molecule has 100 valence electrons. The summed E-state index contributed by atoms with van der Waals surface area (Å²) < 4.78 is 8.56. The van der Waals surface area contributed by atoms with Crippen molar-refractivity contribution >= 4 is 15.9 Å². The highest BCUT2D eigenvalue weighted by Crippen LogP contribution is 2.32. The van der Waals surface area contributed by atoms with Crippen LogP contribution in [-0.4, -0.2) is 16.7 Å². The maximum atomic E-state index is 5.32. The summed E-state index contributed by atoms with van der Waals surface area (Å²) in [5.74, 6) is 0.927. The zero-order valence-electron chi connectivity index (χ0n) is 11.2. The van der Waals surface area contributed by atoms with E-state index in [2.05, 4.69) is 39.6 Å². The number of rotatable bonds is 2. The first kappa shape index (κ1) is 12.7. The molecule has 0 amide bonds. The predicted octanol–water partition coefficient (Wildman–Crippen LogP) is 3.97. The molecule has 2 heterocycles. The topological polar surface area (TPSA) is 27.1 Å². The molecule has 1 aromatic heterocycles. The average Bonchev–Trinajstić information content (AvgIpc) is 2.77. The smallest absolute Gasteiger partial charge is 0.177 e.